The Hall–Kier alpha value is -3.15. The van der Waals surface area contributed by atoms with Gasteiger partial charge in [-0.05, 0) is 43.5 Å². The zero-order valence-corrected chi connectivity index (χ0v) is 15.0. The standard InChI is InChI=1S/C21H21N3O3/c25-21(24-13-7-5-11-19(24)17-10-4-6-12-22-17)18-14-27-20(23-18)15-26-16-8-2-1-3-9-16/h1-4,6,8-10,12,14,19H,5,7,11,13,15H2. The van der Waals surface area contributed by atoms with E-state index in [1.807, 2.05) is 53.4 Å². The number of likely N-dealkylation sites (tertiary alicyclic amines) is 1. The zero-order chi connectivity index (χ0) is 18.5. The van der Waals surface area contributed by atoms with E-state index >= 15 is 0 Å². The lowest BCUT2D eigenvalue weighted by atomic mass is 9.98. The summed E-state index contributed by atoms with van der Waals surface area (Å²) in [5.74, 6) is 0.989. The second-order valence-electron chi connectivity index (χ2n) is 6.49. The van der Waals surface area contributed by atoms with Crippen molar-refractivity contribution in [3.63, 3.8) is 0 Å². The summed E-state index contributed by atoms with van der Waals surface area (Å²) in [6.07, 6.45) is 6.15. The average Bonchev–Trinajstić information content (AvgIpc) is 3.22. The molecular weight excluding hydrogens is 342 g/mol. The lowest BCUT2D eigenvalue weighted by molar-refractivity contribution is 0.0600. The maximum atomic E-state index is 13.0. The number of aromatic nitrogens is 2. The van der Waals surface area contributed by atoms with Crippen LogP contribution >= 0.6 is 0 Å². The van der Waals surface area contributed by atoms with Crippen molar-refractivity contribution in [3.8, 4) is 5.75 Å². The van der Waals surface area contributed by atoms with Crippen LogP contribution in [0.2, 0.25) is 0 Å². The second kappa shape index (κ2) is 8.03. The van der Waals surface area contributed by atoms with Gasteiger partial charge in [-0.25, -0.2) is 4.98 Å². The Morgan fingerprint density at radius 3 is 2.81 bits per heavy atom. The van der Waals surface area contributed by atoms with Crippen LogP contribution < -0.4 is 4.74 Å². The van der Waals surface area contributed by atoms with Crippen molar-refractivity contribution >= 4 is 5.91 Å². The zero-order valence-electron chi connectivity index (χ0n) is 15.0. The first-order valence-electron chi connectivity index (χ1n) is 9.15. The summed E-state index contributed by atoms with van der Waals surface area (Å²) in [7, 11) is 0. The minimum Gasteiger partial charge on any atom is -0.484 e. The molecule has 1 aromatic carbocycles. The first kappa shape index (κ1) is 17.3. The molecule has 1 fully saturated rings. The van der Waals surface area contributed by atoms with Crippen LogP contribution in [-0.2, 0) is 6.61 Å². The minimum absolute atomic E-state index is 0.0202. The molecule has 1 saturated heterocycles. The van der Waals surface area contributed by atoms with Crippen LogP contribution in [0.5, 0.6) is 5.75 Å². The largest absolute Gasteiger partial charge is 0.484 e. The quantitative estimate of drug-likeness (QED) is 0.685. The van der Waals surface area contributed by atoms with Gasteiger partial charge in [0.2, 0.25) is 5.89 Å². The van der Waals surface area contributed by atoms with E-state index in [1.54, 1.807) is 6.20 Å². The molecule has 0 N–H and O–H groups in total. The van der Waals surface area contributed by atoms with E-state index in [2.05, 4.69) is 9.97 Å². The Bertz CT molecular complexity index is 880. The van der Waals surface area contributed by atoms with Gasteiger partial charge in [-0.1, -0.05) is 24.3 Å². The van der Waals surface area contributed by atoms with Crippen molar-refractivity contribution in [2.45, 2.75) is 31.9 Å². The summed E-state index contributed by atoms with van der Waals surface area (Å²) < 4.78 is 11.1. The fourth-order valence-corrected chi connectivity index (χ4v) is 3.34. The van der Waals surface area contributed by atoms with Crippen LogP contribution in [0.1, 0.15) is 47.4 Å². The Balaban J connectivity index is 1.46. The highest BCUT2D eigenvalue weighted by atomic mass is 16.5. The van der Waals surface area contributed by atoms with Crippen molar-refractivity contribution in [2.24, 2.45) is 0 Å². The molecule has 3 heterocycles. The summed E-state index contributed by atoms with van der Waals surface area (Å²) in [6, 6.07) is 15.2. The van der Waals surface area contributed by atoms with Gasteiger partial charge < -0.3 is 14.1 Å². The molecule has 4 rings (SSSR count). The summed E-state index contributed by atoms with van der Waals surface area (Å²) in [6.45, 7) is 0.879. The molecule has 1 unspecified atom stereocenters. The molecular formula is C21H21N3O3. The first-order valence-corrected chi connectivity index (χ1v) is 9.15. The topological polar surface area (TPSA) is 68.5 Å². The number of oxazole rings is 1. The number of para-hydroxylation sites is 1. The number of amides is 1. The minimum atomic E-state index is -0.125. The lowest BCUT2D eigenvalue weighted by Crippen LogP contribution is -2.39. The van der Waals surface area contributed by atoms with E-state index in [0.29, 0.717) is 18.1 Å². The highest BCUT2D eigenvalue weighted by Crippen LogP contribution is 2.30. The summed E-state index contributed by atoms with van der Waals surface area (Å²) in [5, 5.41) is 0. The molecule has 1 aliphatic heterocycles. The maximum Gasteiger partial charge on any atom is 0.276 e. The summed E-state index contributed by atoms with van der Waals surface area (Å²) >= 11 is 0. The van der Waals surface area contributed by atoms with Gasteiger partial charge in [0.15, 0.2) is 12.3 Å². The van der Waals surface area contributed by atoms with Gasteiger partial charge in [0, 0.05) is 12.7 Å². The molecule has 0 aliphatic carbocycles. The molecule has 3 aromatic rings. The molecule has 0 saturated carbocycles. The van der Waals surface area contributed by atoms with Crippen molar-refractivity contribution < 1.29 is 13.9 Å². The van der Waals surface area contributed by atoms with Crippen LogP contribution in [0.25, 0.3) is 0 Å². The number of carbonyl (C=O) groups excluding carboxylic acids is 1. The van der Waals surface area contributed by atoms with Gasteiger partial charge in [-0.15, -0.1) is 0 Å². The van der Waals surface area contributed by atoms with Gasteiger partial charge in [0.25, 0.3) is 5.91 Å². The number of hydrogen-bond acceptors (Lipinski definition) is 5. The lowest BCUT2D eigenvalue weighted by Gasteiger charge is -2.34. The Morgan fingerprint density at radius 2 is 2.00 bits per heavy atom. The second-order valence-corrected chi connectivity index (χ2v) is 6.49. The number of ether oxygens (including phenoxy) is 1. The van der Waals surface area contributed by atoms with Crippen molar-refractivity contribution in [2.75, 3.05) is 6.54 Å². The number of hydrogen-bond donors (Lipinski definition) is 0. The number of piperidine rings is 1. The van der Waals surface area contributed by atoms with E-state index in [9.17, 15) is 4.79 Å². The molecule has 6 nitrogen and oxygen atoms in total. The maximum absolute atomic E-state index is 13.0. The molecule has 0 spiro atoms. The van der Waals surface area contributed by atoms with E-state index in [-0.39, 0.29) is 18.6 Å². The van der Waals surface area contributed by atoms with Gasteiger partial charge in [0.1, 0.15) is 12.0 Å². The Labute approximate surface area is 157 Å². The highest BCUT2D eigenvalue weighted by molar-refractivity contribution is 5.92. The van der Waals surface area contributed by atoms with E-state index in [1.165, 1.54) is 6.26 Å². The van der Waals surface area contributed by atoms with E-state index < -0.39 is 0 Å². The molecule has 6 heteroatoms. The number of nitrogens with zero attached hydrogens (tertiary/aromatic N) is 3. The molecule has 138 valence electrons. The number of pyridine rings is 1. The molecule has 1 amide bonds. The summed E-state index contributed by atoms with van der Waals surface area (Å²) in [4.78, 5) is 23.6. The molecule has 0 bridgehead atoms. The van der Waals surface area contributed by atoms with Crippen LogP contribution in [-0.4, -0.2) is 27.3 Å². The third-order valence-corrected chi connectivity index (χ3v) is 4.67. The van der Waals surface area contributed by atoms with Crippen molar-refractivity contribution in [3.05, 3.63) is 78.3 Å². The predicted octanol–water partition coefficient (Wildman–Crippen LogP) is 4.02. The van der Waals surface area contributed by atoms with Crippen LogP contribution in [0.15, 0.2) is 65.4 Å². The fourth-order valence-electron chi connectivity index (χ4n) is 3.34. The molecule has 0 radical (unpaired) electrons. The third kappa shape index (κ3) is 4.00. The number of carbonyl (C=O) groups is 1. The number of benzene rings is 1. The molecule has 27 heavy (non-hydrogen) atoms. The fraction of sp³-hybridized carbons (Fsp3) is 0.286. The van der Waals surface area contributed by atoms with E-state index in [0.717, 1.165) is 30.7 Å². The van der Waals surface area contributed by atoms with Crippen LogP contribution in [0, 0.1) is 0 Å². The molecule has 2 aromatic heterocycles. The van der Waals surface area contributed by atoms with Gasteiger partial charge >= 0.3 is 0 Å². The molecule has 1 aliphatic rings. The highest BCUT2D eigenvalue weighted by Gasteiger charge is 2.31. The SMILES string of the molecule is O=C(c1coc(COc2ccccc2)n1)N1CCCCC1c1ccccn1. The van der Waals surface area contributed by atoms with Gasteiger partial charge in [-0.3, -0.25) is 9.78 Å². The normalized spacial score (nSPS) is 16.9. The van der Waals surface area contributed by atoms with Crippen molar-refractivity contribution in [1.29, 1.82) is 0 Å². The monoisotopic (exact) mass is 363 g/mol. The smallest absolute Gasteiger partial charge is 0.276 e. The third-order valence-electron chi connectivity index (χ3n) is 4.67. The summed E-state index contributed by atoms with van der Waals surface area (Å²) in [5.41, 5.74) is 1.23. The van der Waals surface area contributed by atoms with E-state index in [4.69, 9.17) is 9.15 Å². The first-order chi connectivity index (χ1) is 13.3. The van der Waals surface area contributed by atoms with Crippen molar-refractivity contribution in [1.82, 2.24) is 14.9 Å². The predicted molar refractivity (Wildman–Crippen MR) is 99.1 cm³/mol. The number of rotatable bonds is 5. The van der Waals surface area contributed by atoms with Crippen LogP contribution in [0.3, 0.4) is 0 Å². The Kier molecular flexibility index (Phi) is 5.14. The Morgan fingerprint density at radius 1 is 1.15 bits per heavy atom. The molecule has 1 atom stereocenters. The van der Waals surface area contributed by atoms with Crippen LogP contribution in [0.4, 0.5) is 0 Å². The van der Waals surface area contributed by atoms with Gasteiger partial charge in [0.05, 0.1) is 11.7 Å². The average molecular weight is 363 g/mol. The van der Waals surface area contributed by atoms with Gasteiger partial charge in [-0.2, -0.15) is 0 Å².